The molecule has 0 bridgehead atoms. The molecule has 2 fully saturated rings. The van der Waals surface area contributed by atoms with Gasteiger partial charge in [-0.05, 0) is 50.5 Å². The fourth-order valence-corrected chi connectivity index (χ4v) is 4.82. The molecule has 1 saturated carbocycles. The topological polar surface area (TPSA) is 66.8 Å². The van der Waals surface area contributed by atoms with E-state index in [1.165, 1.54) is 0 Å². The van der Waals surface area contributed by atoms with E-state index in [0.717, 1.165) is 36.8 Å². The lowest BCUT2D eigenvalue weighted by Crippen LogP contribution is -2.37. The predicted molar refractivity (Wildman–Crippen MR) is 120 cm³/mol. The van der Waals surface area contributed by atoms with Crippen molar-refractivity contribution in [1.82, 2.24) is 4.90 Å². The Bertz CT molecular complexity index is 1060. The van der Waals surface area contributed by atoms with Gasteiger partial charge in [-0.1, -0.05) is 54.3 Å². The van der Waals surface area contributed by atoms with Crippen LogP contribution in [0.1, 0.15) is 55.3 Å². The molecule has 0 aromatic heterocycles. The number of halogens is 1. The molecule has 0 radical (unpaired) electrons. The van der Waals surface area contributed by atoms with Crippen LogP contribution in [0.4, 0.5) is 0 Å². The van der Waals surface area contributed by atoms with E-state index in [1.807, 2.05) is 38.1 Å². The van der Waals surface area contributed by atoms with Crippen LogP contribution in [-0.4, -0.2) is 34.3 Å². The number of aliphatic hydroxyl groups excluding tert-OH is 1. The zero-order chi connectivity index (χ0) is 22.1. The fourth-order valence-electron chi connectivity index (χ4n) is 4.65. The Kier molecular flexibility index (Phi) is 6.05. The zero-order valence-electron chi connectivity index (χ0n) is 17.7. The number of ketones is 1. The third kappa shape index (κ3) is 3.94. The second-order valence-corrected chi connectivity index (χ2v) is 8.54. The summed E-state index contributed by atoms with van der Waals surface area (Å²) in [5.74, 6) is -0.976. The first-order valence-corrected chi connectivity index (χ1v) is 11.1. The van der Waals surface area contributed by atoms with E-state index in [1.54, 1.807) is 23.1 Å². The molecule has 2 aromatic rings. The van der Waals surface area contributed by atoms with Crippen LogP contribution in [0.2, 0.25) is 5.02 Å². The van der Waals surface area contributed by atoms with Crippen molar-refractivity contribution in [3.63, 3.8) is 0 Å². The molecule has 1 unspecified atom stereocenters. The van der Waals surface area contributed by atoms with Crippen molar-refractivity contribution in [1.29, 1.82) is 0 Å². The first-order chi connectivity index (χ1) is 14.9. The Morgan fingerprint density at radius 1 is 1.16 bits per heavy atom. The first-order valence-electron chi connectivity index (χ1n) is 10.7. The summed E-state index contributed by atoms with van der Waals surface area (Å²) in [4.78, 5) is 28.0. The number of rotatable bonds is 5. The molecule has 2 aromatic carbocycles. The van der Waals surface area contributed by atoms with Gasteiger partial charge >= 0.3 is 0 Å². The average molecular weight is 440 g/mol. The van der Waals surface area contributed by atoms with Crippen LogP contribution >= 0.6 is 11.6 Å². The molecule has 1 N–H and O–H groups in total. The van der Waals surface area contributed by atoms with Gasteiger partial charge in [0.15, 0.2) is 0 Å². The maximum atomic E-state index is 13.2. The minimum absolute atomic E-state index is 0.00327. The van der Waals surface area contributed by atoms with Gasteiger partial charge in [0.25, 0.3) is 11.7 Å². The van der Waals surface area contributed by atoms with E-state index >= 15 is 0 Å². The van der Waals surface area contributed by atoms with Crippen molar-refractivity contribution < 1.29 is 19.4 Å². The minimum atomic E-state index is -0.649. The van der Waals surface area contributed by atoms with Crippen LogP contribution in [-0.2, 0) is 9.59 Å². The number of amides is 1. The van der Waals surface area contributed by atoms with Crippen molar-refractivity contribution in [2.45, 2.75) is 51.6 Å². The third-order valence-electron chi connectivity index (χ3n) is 6.06. The number of ether oxygens (including phenoxy) is 1. The second-order valence-electron chi connectivity index (χ2n) is 8.14. The number of aliphatic hydroxyl groups is 1. The van der Waals surface area contributed by atoms with Gasteiger partial charge in [-0.3, -0.25) is 9.59 Å². The van der Waals surface area contributed by atoms with E-state index in [2.05, 4.69) is 0 Å². The molecule has 1 saturated heterocycles. The summed E-state index contributed by atoms with van der Waals surface area (Å²) in [6.45, 7) is 4.23. The predicted octanol–water partition coefficient (Wildman–Crippen LogP) is 5.41. The summed E-state index contributed by atoms with van der Waals surface area (Å²) >= 11 is 6.19. The number of nitrogens with zero attached hydrogens (tertiary/aromatic N) is 1. The first kappa shape index (κ1) is 21.4. The van der Waals surface area contributed by atoms with E-state index in [4.69, 9.17) is 16.3 Å². The van der Waals surface area contributed by atoms with Crippen molar-refractivity contribution in [3.8, 4) is 5.75 Å². The van der Waals surface area contributed by atoms with Crippen LogP contribution in [0, 0.1) is 6.92 Å². The lowest BCUT2D eigenvalue weighted by molar-refractivity contribution is -0.141. The molecule has 2 aliphatic rings. The SMILES string of the molecule is CCOc1cc(/C(O)=C2/C(=O)C(=O)N(C3CCCC3)C2c2cccc(C)c2)ccc1Cl. The van der Waals surface area contributed by atoms with Crippen LogP contribution in [0.5, 0.6) is 5.75 Å². The molecule has 1 aliphatic carbocycles. The average Bonchev–Trinajstić information content (AvgIpc) is 3.36. The number of Topliss-reactive ketones (excluding diaryl/α,β-unsaturated/α-hetero) is 1. The van der Waals surface area contributed by atoms with Gasteiger partial charge in [-0.2, -0.15) is 0 Å². The normalized spacial score (nSPS) is 21.1. The maximum absolute atomic E-state index is 13.2. The number of aryl methyl sites for hydroxylation is 1. The number of carbonyl (C=O) groups is 2. The van der Waals surface area contributed by atoms with Crippen molar-refractivity contribution >= 4 is 29.1 Å². The Hall–Kier alpha value is -2.79. The Labute approximate surface area is 187 Å². The Balaban J connectivity index is 1.88. The molecule has 1 aliphatic heterocycles. The van der Waals surface area contributed by atoms with Crippen molar-refractivity contribution in [3.05, 3.63) is 69.8 Å². The van der Waals surface area contributed by atoms with E-state index in [9.17, 15) is 14.7 Å². The summed E-state index contributed by atoms with van der Waals surface area (Å²) in [5, 5.41) is 11.7. The third-order valence-corrected chi connectivity index (χ3v) is 6.37. The summed E-state index contributed by atoms with van der Waals surface area (Å²) in [6.07, 6.45) is 3.79. The van der Waals surface area contributed by atoms with E-state index in [-0.39, 0.29) is 17.4 Å². The highest BCUT2D eigenvalue weighted by Gasteiger charge is 2.49. The number of benzene rings is 2. The zero-order valence-corrected chi connectivity index (χ0v) is 18.5. The van der Waals surface area contributed by atoms with Crippen LogP contribution in [0.3, 0.4) is 0 Å². The van der Waals surface area contributed by atoms with E-state index in [0.29, 0.717) is 22.9 Å². The van der Waals surface area contributed by atoms with Gasteiger partial charge in [-0.25, -0.2) is 0 Å². The standard InChI is InChI=1S/C25H26ClNO4/c1-3-31-20-14-17(11-12-19(20)26)23(28)21-22(16-8-6-7-15(2)13-16)27(25(30)24(21)29)18-9-4-5-10-18/h6-8,11-14,18,22,28H,3-5,9-10H2,1-2H3/b23-21-. The Morgan fingerprint density at radius 3 is 2.58 bits per heavy atom. The number of hydrogen-bond donors (Lipinski definition) is 1. The highest BCUT2D eigenvalue weighted by atomic mass is 35.5. The fraction of sp³-hybridized carbons (Fsp3) is 0.360. The molecule has 162 valence electrons. The van der Waals surface area contributed by atoms with Gasteiger partial charge in [0.2, 0.25) is 0 Å². The quantitative estimate of drug-likeness (QED) is 0.384. The van der Waals surface area contributed by atoms with Crippen LogP contribution in [0.15, 0.2) is 48.0 Å². The summed E-state index contributed by atoms with van der Waals surface area (Å²) in [7, 11) is 0. The van der Waals surface area contributed by atoms with Crippen molar-refractivity contribution in [2.75, 3.05) is 6.61 Å². The van der Waals surface area contributed by atoms with Crippen molar-refractivity contribution in [2.24, 2.45) is 0 Å². The molecular weight excluding hydrogens is 414 g/mol. The number of carbonyl (C=O) groups excluding carboxylic acids is 2. The molecule has 31 heavy (non-hydrogen) atoms. The smallest absolute Gasteiger partial charge is 0.295 e. The van der Waals surface area contributed by atoms with Crippen LogP contribution < -0.4 is 4.74 Å². The highest BCUT2D eigenvalue weighted by molar-refractivity contribution is 6.46. The molecular formula is C25H26ClNO4. The molecule has 1 heterocycles. The minimum Gasteiger partial charge on any atom is -0.507 e. The maximum Gasteiger partial charge on any atom is 0.295 e. The van der Waals surface area contributed by atoms with Gasteiger partial charge in [0, 0.05) is 11.6 Å². The number of likely N-dealkylation sites (tertiary alicyclic amines) is 1. The monoisotopic (exact) mass is 439 g/mol. The molecule has 0 spiro atoms. The summed E-state index contributed by atoms with van der Waals surface area (Å²) in [5.41, 5.74) is 2.37. The highest BCUT2D eigenvalue weighted by Crippen LogP contribution is 2.44. The van der Waals surface area contributed by atoms with Gasteiger partial charge in [0.1, 0.15) is 11.5 Å². The number of hydrogen-bond acceptors (Lipinski definition) is 4. The molecule has 6 heteroatoms. The van der Waals surface area contributed by atoms with Gasteiger partial charge in [0.05, 0.1) is 23.2 Å². The van der Waals surface area contributed by atoms with Gasteiger partial charge < -0.3 is 14.7 Å². The molecule has 5 nitrogen and oxygen atoms in total. The largest absolute Gasteiger partial charge is 0.507 e. The summed E-state index contributed by atoms with van der Waals surface area (Å²) in [6, 6.07) is 12.0. The van der Waals surface area contributed by atoms with Crippen LogP contribution in [0.25, 0.3) is 5.76 Å². The Morgan fingerprint density at radius 2 is 1.90 bits per heavy atom. The lowest BCUT2D eigenvalue weighted by Gasteiger charge is -2.31. The molecule has 1 amide bonds. The summed E-state index contributed by atoms with van der Waals surface area (Å²) < 4.78 is 5.54. The van der Waals surface area contributed by atoms with E-state index < -0.39 is 17.7 Å². The lowest BCUT2D eigenvalue weighted by atomic mass is 9.93. The molecule has 4 rings (SSSR count). The molecule has 1 atom stereocenters. The van der Waals surface area contributed by atoms with Gasteiger partial charge in [-0.15, -0.1) is 0 Å². The second kappa shape index (κ2) is 8.75.